The van der Waals surface area contributed by atoms with Crippen LogP contribution in [0.4, 0.5) is 5.69 Å². The van der Waals surface area contributed by atoms with Gasteiger partial charge in [-0.1, -0.05) is 6.42 Å². The van der Waals surface area contributed by atoms with Crippen LogP contribution in [0.3, 0.4) is 0 Å². The number of unbranched alkanes of at least 4 members (excludes halogenated alkanes) is 2. The van der Waals surface area contributed by atoms with E-state index in [0.29, 0.717) is 13.1 Å². The van der Waals surface area contributed by atoms with Gasteiger partial charge >= 0.3 is 0 Å². The average molecular weight is 319 g/mol. The van der Waals surface area contributed by atoms with Crippen LogP contribution in [0.1, 0.15) is 43.5 Å². The Morgan fingerprint density at radius 2 is 1.83 bits per heavy atom. The van der Waals surface area contributed by atoms with Gasteiger partial charge in [0, 0.05) is 30.9 Å². The van der Waals surface area contributed by atoms with E-state index < -0.39 is 0 Å². The molecule has 128 valence electrons. The second kappa shape index (κ2) is 8.89. The summed E-state index contributed by atoms with van der Waals surface area (Å²) in [6.45, 7) is 7.03. The fourth-order valence-electron chi connectivity index (χ4n) is 2.94. The maximum Gasteiger partial charge on any atom is 0.254 e. The van der Waals surface area contributed by atoms with Crippen LogP contribution in [0.15, 0.2) is 24.3 Å². The highest BCUT2D eigenvalue weighted by atomic mass is 16.5. The molecule has 5 heteroatoms. The van der Waals surface area contributed by atoms with Crippen molar-refractivity contribution in [2.75, 3.05) is 31.5 Å². The zero-order valence-corrected chi connectivity index (χ0v) is 14.3. The Labute approximate surface area is 139 Å². The maximum absolute atomic E-state index is 12.6. The third-order valence-electron chi connectivity index (χ3n) is 4.05. The fourth-order valence-corrected chi connectivity index (χ4v) is 2.94. The number of nitrogens with one attached hydrogen (secondary N) is 1. The van der Waals surface area contributed by atoms with E-state index in [4.69, 9.17) is 10.5 Å². The number of carbonyl (C=O) groups excluding carboxylic acids is 1. The van der Waals surface area contributed by atoms with Gasteiger partial charge in [-0.3, -0.25) is 4.79 Å². The first-order chi connectivity index (χ1) is 11.1. The number of anilines is 1. The van der Waals surface area contributed by atoms with E-state index in [2.05, 4.69) is 5.32 Å². The SMILES string of the molecule is C[C@@H]1CN(C(=O)c2ccc(NCCCCCN)cc2)C[C@H](C)O1. The molecule has 0 radical (unpaired) electrons. The lowest BCUT2D eigenvalue weighted by atomic mass is 10.1. The van der Waals surface area contributed by atoms with Gasteiger partial charge in [0.25, 0.3) is 5.91 Å². The molecule has 2 rings (SSSR count). The summed E-state index contributed by atoms with van der Waals surface area (Å²) in [6, 6.07) is 7.75. The fraction of sp³-hybridized carbons (Fsp3) is 0.611. The first-order valence-corrected chi connectivity index (χ1v) is 8.59. The van der Waals surface area contributed by atoms with Crippen molar-refractivity contribution in [1.82, 2.24) is 4.90 Å². The van der Waals surface area contributed by atoms with E-state index in [9.17, 15) is 4.79 Å². The summed E-state index contributed by atoms with van der Waals surface area (Å²) in [4.78, 5) is 14.5. The Balaban J connectivity index is 1.85. The molecule has 0 aliphatic carbocycles. The van der Waals surface area contributed by atoms with E-state index in [1.807, 2.05) is 43.0 Å². The summed E-state index contributed by atoms with van der Waals surface area (Å²) >= 11 is 0. The molecule has 1 aromatic rings. The number of ether oxygens (including phenoxy) is 1. The van der Waals surface area contributed by atoms with Crippen LogP contribution in [0, 0.1) is 0 Å². The summed E-state index contributed by atoms with van der Waals surface area (Å²) in [5.41, 5.74) is 7.27. The quantitative estimate of drug-likeness (QED) is 0.758. The molecule has 3 N–H and O–H groups in total. The minimum absolute atomic E-state index is 0.0847. The van der Waals surface area contributed by atoms with Crippen molar-refractivity contribution >= 4 is 11.6 Å². The van der Waals surface area contributed by atoms with Crippen LogP contribution in [0.5, 0.6) is 0 Å². The minimum atomic E-state index is 0.0847. The summed E-state index contributed by atoms with van der Waals surface area (Å²) in [5, 5.41) is 3.38. The van der Waals surface area contributed by atoms with Crippen LogP contribution in [0.25, 0.3) is 0 Å². The number of benzene rings is 1. The Morgan fingerprint density at radius 3 is 2.43 bits per heavy atom. The molecule has 5 nitrogen and oxygen atoms in total. The molecule has 0 saturated carbocycles. The standard InChI is InChI=1S/C18H29N3O2/c1-14-12-21(13-15(2)23-14)18(22)16-6-8-17(9-7-16)20-11-5-3-4-10-19/h6-9,14-15,20H,3-5,10-13,19H2,1-2H3/t14-,15+. The average Bonchev–Trinajstić information content (AvgIpc) is 2.54. The van der Waals surface area contributed by atoms with Crippen LogP contribution in [0.2, 0.25) is 0 Å². The number of hydrogen-bond donors (Lipinski definition) is 2. The van der Waals surface area contributed by atoms with E-state index in [1.165, 1.54) is 0 Å². The molecule has 0 aromatic heterocycles. The predicted molar refractivity (Wildman–Crippen MR) is 93.7 cm³/mol. The zero-order chi connectivity index (χ0) is 16.7. The molecule has 1 amide bonds. The molecule has 23 heavy (non-hydrogen) atoms. The molecule has 0 unspecified atom stereocenters. The first-order valence-electron chi connectivity index (χ1n) is 8.59. The number of nitrogens with two attached hydrogens (primary N) is 1. The van der Waals surface area contributed by atoms with Crippen LogP contribution < -0.4 is 11.1 Å². The topological polar surface area (TPSA) is 67.6 Å². The van der Waals surface area contributed by atoms with Crippen molar-refractivity contribution in [3.05, 3.63) is 29.8 Å². The van der Waals surface area contributed by atoms with Crippen molar-refractivity contribution in [3.8, 4) is 0 Å². The minimum Gasteiger partial charge on any atom is -0.385 e. The van der Waals surface area contributed by atoms with Gasteiger partial charge in [-0.05, 0) is 57.5 Å². The van der Waals surface area contributed by atoms with Gasteiger partial charge in [0.15, 0.2) is 0 Å². The highest BCUT2D eigenvalue weighted by Gasteiger charge is 2.26. The van der Waals surface area contributed by atoms with Gasteiger partial charge < -0.3 is 20.7 Å². The van der Waals surface area contributed by atoms with Gasteiger partial charge in [-0.2, -0.15) is 0 Å². The molecule has 0 spiro atoms. The smallest absolute Gasteiger partial charge is 0.254 e. The van der Waals surface area contributed by atoms with Crippen LogP contribution in [-0.2, 0) is 4.74 Å². The Bertz CT molecular complexity index is 480. The van der Waals surface area contributed by atoms with Crippen molar-refractivity contribution in [2.45, 2.75) is 45.3 Å². The monoisotopic (exact) mass is 319 g/mol. The molecule has 1 heterocycles. The van der Waals surface area contributed by atoms with Crippen LogP contribution >= 0.6 is 0 Å². The molecule has 1 saturated heterocycles. The highest BCUT2D eigenvalue weighted by Crippen LogP contribution is 2.16. The van der Waals surface area contributed by atoms with E-state index >= 15 is 0 Å². The van der Waals surface area contributed by atoms with E-state index in [1.54, 1.807) is 0 Å². The lowest BCUT2D eigenvalue weighted by Crippen LogP contribution is -2.48. The summed E-state index contributed by atoms with van der Waals surface area (Å²) in [7, 11) is 0. The van der Waals surface area contributed by atoms with Gasteiger partial charge in [0.1, 0.15) is 0 Å². The molecule has 1 aliphatic heterocycles. The van der Waals surface area contributed by atoms with E-state index in [-0.39, 0.29) is 18.1 Å². The number of nitrogens with zero attached hydrogens (tertiary/aromatic N) is 1. The van der Waals surface area contributed by atoms with Crippen LogP contribution in [-0.4, -0.2) is 49.2 Å². The Kier molecular flexibility index (Phi) is 6.86. The lowest BCUT2D eigenvalue weighted by molar-refractivity contribution is -0.0586. The molecule has 1 aromatic carbocycles. The number of carbonyl (C=O) groups is 1. The van der Waals surface area contributed by atoms with E-state index in [0.717, 1.165) is 43.6 Å². The largest absolute Gasteiger partial charge is 0.385 e. The number of hydrogen-bond acceptors (Lipinski definition) is 4. The Hall–Kier alpha value is -1.59. The molecular weight excluding hydrogens is 290 g/mol. The molecule has 2 atom stereocenters. The van der Waals surface area contributed by atoms with Gasteiger partial charge in [0.2, 0.25) is 0 Å². The van der Waals surface area contributed by atoms with Crippen molar-refractivity contribution in [3.63, 3.8) is 0 Å². The maximum atomic E-state index is 12.6. The molecule has 1 aliphatic rings. The third kappa shape index (κ3) is 5.52. The molecular formula is C18H29N3O2. The number of morpholine rings is 1. The highest BCUT2D eigenvalue weighted by molar-refractivity contribution is 5.94. The number of amides is 1. The number of rotatable bonds is 7. The summed E-state index contributed by atoms with van der Waals surface area (Å²) in [6.07, 6.45) is 3.52. The summed E-state index contributed by atoms with van der Waals surface area (Å²) < 4.78 is 5.68. The van der Waals surface area contributed by atoms with Gasteiger partial charge in [-0.15, -0.1) is 0 Å². The Morgan fingerprint density at radius 1 is 1.17 bits per heavy atom. The third-order valence-corrected chi connectivity index (χ3v) is 4.05. The van der Waals surface area contributed by atoms with Gasteiger partial charge in [0.05, 0.1) is 12.2 Å². The van der Waals surface area contributed by atoms with Crippen molar-refractivity contribution in [1.29, 1.82) is 0 Å². The molecule has 0 bridgehead atoms. The van der Waals surface area contributed by atoms with Gasteiger partial charge in [-0.25, -0.2) is 0 Å². The second-order valence-corrected chi connectivity index (χ2v) is 6.32. The van der Waals surface area contributed by atoms with Crippen molar-refractivity contribution in [2.24, 2.45) is 5.73 Å². The van der Waals surface area contributed by atoms with Crippen molar-refractivity contribution < 1.29 is 9.53 Å². The predicted octanol–water partition coefficient (Wildman–Crippen LogP) is 2.48. The lowest BCUT2D eigenvalue weighted by Gasteiger charge is -2.35. The zero-order valence-electron chi connectivity index (χ0n) is 14.3. The molecule has 1 fully saturated rings. The normalized spacial score (nSPS) is 21.3. The first kappa shape index (κ1) is 17.8. The summed E-state index contributed by atoms with van der Waals surface area (Å²) in [5.74, 6) is 0.0847. The second-order valence-electron chi connectivity index (χ2n) is 6.32.